The van der Waals surface area contributed by atoms with Gasteiger partial charge >= 0.3 is 0 Å². The van der Waals surface area contributed by atoms with E-state index in [4.69, 9.17) is 11.6 Å². The quantitative estimate of drug-likeness (QED) is 0.698. The lowest BCUT2D eigenvalue weighted by Crippen LogP contribution is -2.37. The van der Waals surface area contributed by atoms with Gasteiger partial charge in [-0.1, -0.05) is 61.2 Å². The molecule has 0 unspecified atom stereocenters. The zero-order chi connectivity index (χ0) is 14.7. The lowest BCUT2D eigenvalue weighted by molar-refractivity contribution is 0.330. The van der Waals surface area contributed by atoms with Crippen LogP contribution in [0.25, 0.3) is 0 Å². The molecule has 1 aliphatic rings. The molecule has 0 atom stereocenters. The Kier molecular flexibility index (Phi) is 4.51. The van der Waals surface area contributed by atoms with Gasteiger partial charge in [-0.25, -0.2) is 4.98 Å². The average Bonchev–Trinajstić information content (AvgIpc) is 2.54. The van der Waals surface area contributed by atoms with Crippen LogP contribution in [0.5, 0.6) is 0 Å². The van der Waals surface area contributed by atoms with Gasteiger partial charge in [0.25, 0.3) is 0 Å². The Bertz CT molecular complexity index is 609. The molecule has 3 rings (SSSR count). The molecule has 0 aliphatic heterocycles. The second-order valence-electron chi connectivity index (χ2n) is 5.60. The molecule has 4 heteroatoms. The SMILES string of the molecule is Clc1nccc(NC2(c3ccccc3)CCCCC2)c1Br. The summed E-state index contributed by atoms with van der Waals surface area (Å²) in [5.41, 5.74) is 2.36. The Morgan fingerprint density at radius 2 is 1.76 bits per heavy atom. The molecule has 1 aromatic heterocycles. The molecule has 0 bridgehead atoms. The van der Waals surface area contributed by atoms with Crippen LogP contribution in [0.15, 0.2) is 47.1 Å². The number of nitrogens with one attached hydrogen (secondary N) is 1. The van der Waals surface area contributed by atoms with Crippen molar-refractivity contribution < 1.29 is 0 Å². The van der Waals surface area contributed by atoms with E-state index >= 15 is 0 Å². The summed E-state index contributed by atoms with van der Waals surface area (Å²) in [4.78, 5) is 4.11. The van der Waals surface area contributed by atoms with Gasteiger partial charge in [-0.15, -0.1) is 0 Å². The molecular weight excluding hydrogens is 348 g/mol. The summed E-state index contributed by atoms with van der Waals surface area (Å²) in [5.74, 6) is 0. The Labute approximate surface area is 139 Å². The van der Waals surface area contributed by atoms with Crippen LogP contribution in [0, 0.1) is 0 Å². The van der Waals surface area contributed by atoms with Gasteiger partial charge in [0.15, 0.2) is 0 Å². The van der Waals surface area contributed by atoms with Crippen LogP contribution in [0.1, 0.15) is 37.7 Å². The van der Waals surface area contributed by atoms with Crippen molar-refractivity contribution in [2.45, 2.75) is 37.6 Å². The first kappa shape index (κ1) is 14.9. The summed E-state index contributed by atoms with van der Waals surface area (Å²) in [6.07, 6.45) is 7.84. The first-order valence-electron chi connectivity index (χ1n) is 7.35. The van der Waals surface area contributed by atoms with Gasteiger partial charge in [0.05, 0.1) is 15.7 Å². The molecule has 0 spiro atoms. The topological polar surface area (TPSA) is 24.9 Å². The first-order valence-corrected chi connectivity index (χ1v) is 8.52. The maximum atomic E-state index is 6.12. The molecule has 2 aromatic rings. The van der Waals surface area contributed by atoms with Crippen molar-refractivity contribution in [1.29, 1.82) is 0 Å². The number of nitrogens with zero attached hydrogens (tertiary/aromatic N) is 1. The predicted octanol–water partition coefficient (Wildman–Crippen LogP) is 5.77. The third-order valence-electron chi connectivity index (χ3n) is 4.25. The molecule has 21 heavy (non-hydrogen) atoms. The van der Waals surface area contributed by atoms with Crippen LogP contribution in [-0.2, 0) is 5.54 Å². The van der Waals surface area contributed by atoms with Crippen LogP contribution in [-0.4, -0.2) is 4.98 Å². The number of pyridine rings is 1. The smallest absolute Gasteiger partial charge is 0.145 e. The highest BCUT2D eigenvalue weighted by Crippen LogP contribution is 2.42. The molecule has 1 aromatic carbocycles. The number of rotatable bonds is 3. The van der Waals surface area contributed by atoms with E-state index < -0.39 is 0 Å². The standard InChI is InChI=1S/C17H18BrClN2/c18-15-14(9-12-20-16(15)19)21-17(10-5-2-6-11-17)13-7-3-1-4-8-13/h1,3-4,7-9,12H,2,5-6,10-11H2,(H,20,21). The fourth-order valence-electron chi connectivity index (χ4n) is 3.17. The Morgan fingerprint density at radius 3 is 2.48 bits per heavy atom. The predicted molar refractivity (Wildman–Crippen MR) is 91.8 cm³/mol. The van der Waals surface area contributed by atoms with E-state index in [1.165, 1.54) is 24.8 Å². The molecule has 1 saturated carbocycles. The number of halogens is 2. The third-order valence-corrected chi connectivity index (χ3v) is 5.57. The van der Waals surface area contributed by atoms with E-state index in [2.05, 4.69) is 56.6 Å². The molecule has 0 amide bonds. The van der Waals surface area contributed by atoms with E-state index in [1.54, 1.807) is 6.20 Å². The van der Waals surface area contributed by atoms with E-state index in [1.807, 2.05) is 6.07 Å². The summed E-state index contributed by atoms with van der Waals surface area (Å²) in [6.45, 7) is 0. The number of hydrogen-bond acceptors (Lipinski definition) is 2. The third kappa shape index (κ3) is 3.09. The van der Waals surface area contributed by atoms with Crippen molar-refractivity contribution in [3.05, 3.63) is 57.8 Å². The Morgan fingerprint density at radius 1 is 1.05 bits per heavy atom. The number of aromatic nitrogens is 1. The van der Waals surface area contributed by atoms with Crippen molar-refractivity contribution in [2.24, 2.45) is 0 Å². The zero-order valence-electron chi connectivity index (χ0n) is 11.8. The first-order chi connectivity index (χ1) is 10.2. The average molecular weight is 366 g/mol. The molecule has 1 N–H and O–H groups in total. The summed E-state index contributed by atoms with van der Waals surface area (Å²) in [5, 5.41) is 4.25. The minimum absolute atomic E-state index is 0.00723. The summed E-state index contributed by atoms with van der Waals surface area (Å²) >= 11 is 9.67. The maximum absolute atomic E-state index is 6.12. The van der Waals surface area contributed by atoms with Crippen LogP contribution in [0.4, 0.5) is 5.69 Å². The van der Waals surface area contributed by atoms with Crippen LogP contribution in [0.3, 0.4) is 0 Å². The van der Waals surface area contributed by atoms with Gasteiger partial charge in [0, 0.05) is 6.20 Å². The van der Waals surface area contributed by atoms with Gasteiger partial charge in [0.1, 0.15) is 5.15 Å². The van der Waals surface area contributed by atoms with Gasteiger partial charge in [-0.2, -0.15) is 0 Å². The fraction of sp³-hybridized carbons (Fsp3) is 0.353. The molecule has 0 saturated heterocycles. The molecule has 0 radical (unpaired) electrons. The number of hydrogen-bond donors (Lipinski definition) is 1. The highest BCUT2D eigenvalue weighted by Gasteiger charge is 2.34. The van der Waals surface area contributed by atoms with Crippen molar-refractivity contribution in [3.8, 4) is 0 Å². The minimum atomic E-state index is -0.00723. The Balaban J connectivity index is 1.99. The summed E-state index contributed by atoms with van der Waals surface area (Å²) < 4.78 is 0.840. The van der Waals surface area contributed by atoms with Crippen molar-refractivity contribution in [1.82, 2.24) is 4.98 Å². The summed E-state index contributed by atoms with van der Waals surface area (Å²) in [6, 6.07) is 12.7. The monoisotopic (exact) mass is 364 g/mol. The van der Waals surface area contributed by atoms with Gasteiger partial charge in [-0.05, 0) is 40.4 Å². The fourth-order valence-corrected chi connectivity index (χ4v) is 3.66. The normalized spacial score (nSPS) is 17.4. The number of anilines is 1. The van der Waals surface area contributed by atoms with Crippen molar-refractivity contribution >= 4 is 33.2 Å². The lowest BCUT2D eigenvalue weighted by Gasteiger charge is -2.40. The van der Waals surface area contributed by atoms with E-state index in [-0.39, 0.29) is 5.54 Å². The highest BCUT2D eigenvalue weighted by atomic mass is 79.9. The van der Waals surface area contributed by atoms with E-state index in [9.17, 15) is 0 Å². The lowest BCUT2D eigenvalue weighted by atomic mass is 9.76. The Hall–Kier alpha value is -1.06. The zero-order valence-corrected chi connectivity index (χ0v) is 14.1. The van der Waals surface area contributed by atoms with E-state index in [0.717, 1.165) is 23.0 Å². The number of benzene rings is 1. The molecule has 1 aliphatic carbocycles. The highest BCUT2D eigenvalue weighted by molar-refractivity contribution is 9.10. The summed E-state index contributed by atoms with van der Waals surface area (Å²) in [7, 11) is 0. The molecule has 1 heterocycles. The van der Waals surface area contributed by atoms with Gasteiger partial charge < -0.3 is 5.32 Å². The van der Waals surface area contributed by atoms with Crippen LogP contribution >= 0.6 is 27.5 Å². The minimum Gasteiger partial charge on any atom is -0.374 e. The largest absolute Gasteiger partial charge is 0.374 e. The van der Waals surface area contributed by atoms with Gasteiger partial charge in [-0.3, -0.25) is 0 Å². The molecule has 1 fully saturated rings. The van der Waals surface area contributed by atoms with Gasteiger partial charge in [0.2, 0.25) is 0 Å². The van der Waals surface area contributed by atoms with Crippen molar-refractivity contribution in [2.75, 3.05) is 5.32 Å². The molecule has 110 valence electrons. The van der Waals surface area contributed by atoms with Crippen molar-refractivity contribution in [3.63, 3.8) is 0 Å². The van der Waals surface area contributed by atoms with E-state index in [0.29, 0.717) is 5.15 Å². The van der Waals surface area contributed by atoms with Crippen LogP contribution in [0.2, 0.25) is 5.15 Å². The molecular formula is C17H18BrClN2. The second-order valence-corrected chi connectivity index (χ2v) is 6.75. The van der Waals surface area contributed by atoms with Crippen LogP contribution < -0.4 is 5.32 Å². The second kappa shape index (κ2) is 6.37. The molecule has 2 nitrogen and oxygen atoms in total. The maximum Gasteiger partial charge on any atom is 0.145 e.